The summed E-state index contributed by atoms with van der Waals surface area (Å²) >= 11 is 0. The zero-order valence-corrected chi connectivity index (χ0v) is 9.26. The van der Waals surface area contributed by atoms with Gasteiger partial charge in [0.05, 0.1) is 0 Å². The van der Waals surface area contributed by atoms with Gasteiger partial charge in [-0.1, -0.05) is 0 Å². The summed E-state index contributed by atoms with van der Waals surface area (Å²) in [4.78, 5) is 6.44. The van der Waals surface area contributed by atoms with Crippen molar-refractivity contribution < 1.29 is 0 Å². The van der Waals surface area contributed by atoms with Gasteiger partial charge in [-0.2, -0.15) is 0 Å². The highest BCUT2D eigenvalue weighted by Crippen LogP contribution is 2.31. The third-order valence-electron chi connectivity index (χ3n) is 3.43. The molecule has 3 heteroatoms. The lowest BCUT2D eigenvalue weighted by molar-refractivity contribution is 0.0837. The van der Waals surface area contributed by atoms with Crippen LogP contribution in [0.2, 0.25) is 0 Å². The Morgan fingerprint density at radius 2 is 2.13 bits per heavy atom. The first kappa shape index (κ1) is 10.6. The van der Waals surface area contributed by atoms with E-state index in [2.05, 4.69) is 29.1 Å². The molecule has 1 aliphatic rings. The fourth-order valence-electron chi connectivity index (χ4n) is 2.30. The average molecular weight is 205 g/mol. The maximum atomic E-state index is 5.72. The van der Waals surface area contributed by atoms with Crippen LogP contribution in [0.3, 0.4) is 0 Å². The molecule has 1 aromatic heterocycles. The first-order valence-corrected chi connectivity index (χ1v) is 5.60. The van der Waals surface area contributed by atoms with E-state index in [0.717, 1.165) is 13.1 Å². The molecule has 1 heterocycles. The Bertz CT molecular complexity index is 297. The van der Waals surface area contributed by atoms with Crippen molar-refractivity contribution in [3.05, 3.63) is 30.1 Å². The van der Waals surface area contributed by atoms with Gasteiger partial charge >= 0.3 is 0 Å². The van der Waals surface area contributed by atoms with Gasteiger partial charge in [-0.25, -0.2) is 0 Å². The van der Waals surface area contributed by atoms with E-state index in [4.69, 9.17) is 5.73 Å². The first-order chi connectivity index (χ1) is 7.31. The molecule has 0 bridgehead atoms. The fourth-order valence-corrected chi connectivity index (χ4v) is 2.30. The van der Waals surface area contributed by atoms with Crippen molar-refractivity contribution in [3.63, 3.8) is 0 Å². The van der Waals surface area contributed by atoms with E-state index < -0.39 is 0 Å². The van der Waals surface area contributed by atoms with Gasteiger partial charge in [-0.05, 0) is 50.0 Å². The molecule has 3 nitrogen and oxygen atoms in total. The van der Waals surface area contributed by atoms with Gasteiger partial charge in [0.2, 0.25) is 0 Å². The Morgan fingerprint density at radius 3 is 2.67 bits per heavy atom. The Hall–Kier alpha value is -0.930. The molecule has 2 atom stereocenters. The van der Waals surface area contributed by atoms with E-state index in [-0.39, 0.29) is 0 Å². The lowest BCUT2D eigenvalue weighted by atomic mass is 9.78. The second kappa shape index (κ2) is 4.73. The van der Waals surface area contributed by atoms with Gasteiger partial charge in [0.15, 0.2) is 0 Å². The molecule has 2 N–H and O–H groups in total. The number of nitrogens with zero attached hydrogens (tertiary/aromatic N) is 2. The van der Waals surface area contributed by atoms with Gasteiger partial charge in [0, 0.05) is 25.0 Å². The predicted octanol–water partition coefficient (Wildman–Crippen LogP) is 1.25. The summed E-state index contributed by atoms with van der Waals surface area (Å²) in [6, 6.07) is 4.84. The molecule has 0 aromatic carbocycles. The standard InChI is InChI=1S/C12H19N3/c1-15(12-3-2-11(12)8-13)9-10-4-6-14-7-5-10/h4-7,11-12H,2-3,8-9,13H2,1H3. The summed E-state index contributed by atoms with van der Waals surface area (Å²) in [6.45, 7) is 1.83. The minimum absolute atomic E-state index is 0.683. The summed E-state index contributed by atoms with van der Waals surface area (Å²) in [5.74, 6) is 0.705. The molecule has 1 aromatic rings. The maximum absolute atomic E-state index is 5.72. The van der Waals surface area contributed by atoms with Crippen molar-refractivity contribution >= 4 is 0 Å². The SMILES string of the molecule is CN(Cc1ccncc1)C1CCC1CN. The lowest BCUT2D eigenvalue weighted by Crippen LogP contribution is -2.47. The number of hydrogen-bond acceptors (Lipinski definition) is 3. The summed E-state index contributed by atoms with van der Waals surface area (Å²) in [6.07, 6.45) is 6.29. The van der Waals surface area contributed by atoms with E-state index in [1.807, 2.05) is 12.4 Å². The molecule has 15 heavy (non-hydrogen) atoms. The largest absolute Gasteiger partial charge is 0.330 e. The predicted molar refractivity (Wildman–Crippen MR) is 61.3 cm³/mol. The van der Waals surface area contributed by atoms with Crippen LogP contribution in [-0.4, -0.2) is 29.5 Å². The Balaban J connectivity index is 1.90. The van der Waals surface area contributed by atoms with Gasteiger partial charge < -0.3 is 5.73 Å². The van der Waals surface area contributed by atoms with Crippen LogP contribution in [0.15, 0.2) is 24.5 Å². The molecule has 0 radical (unpaired) electrons. The van der Waals surface area contributed by atoms with E-state index in [9.17, 15) is 0 Å². The Morgan fingerprint density at radius 1 is 1.40 bits per heavy atom. The van der Waals surface area contributed by atoms with E-state index >= 15 is 0 Å². The zero-order chi connectivity index (χ0) is 10.7. The topological polar surface area (TPSA) is 42.2 Å². The number of aromatic nitrogens is 1. The first-order valence-electron chi connectivity index (χ1n) is 5.60. The van der Waals surface area contributed by atoms with Crippen molar-refractivity contribution in [1.82, 2.24) is 9.88 Å². The molecule has 0 aliphatic heterocycles. The molecule has 0 spiro atoms. The van der Waals surface area contributed by atoms with E-state index in [1.165, 1.54) is 18.4 Å². The average Bonchev–Trinajstić information content (AvgIpc) is 2.18. The molecule has 0 amide bonds. The number of rotatable bonds is 4. The van der Waals surface area contributed by atoms with Crippen molar-refractivity contribution in [2.24, 2.45) is 11.7 Å². The smallest absolute Gasteiger partial charge is 0.0271 e. The summed E-state index contributed by atoms with van der Waals surface area (Å²) in [5, 5.41) is 0. The second-order valence-corrected chi connectivity index (χ2v) is 4.41. The molecule has 1 aliphatic carbocycles. The third kappa shape index (κ3) is 2.36. The van der Waals surface area contributed by atoms with Crippen molar-refractivity contribution in [2.75, 3.05) is 13.6 Å². The van der Waals surface area contributed by atoms with E-state index in [0.29, 0.717) is 12.0 Å². The van der Waals surface area contributed by atoms with Crippen LogP contribution in [0.1, 0.15) is 18.4 Å². The molecule has 1 fully saturated rings. The van der Waals surface area contributed by atoms with Crippen molar-refractivity contribution in [2.45, 2.75) is 25.4 Å². The summed E-state index contributed by atoms with van der Waals surface area (Å²) in [7, 11) is 2.19. The molecule has 2 rings (SSSR count). The highest BCUT2D eigenvalue weighted by atomic mass is 15.1. The molecule has 1 saturated carbocycles. The number of pyridine rings is 1. The van der Waals surface area contributed by atoms with Crippen LogP contribution in [0, 0.1) is 5.92 Å². The van der Waals surface area contributed by atoms with Crippen molar-refractivity contribution in [1.29, 1.82) is 0 Å². The third-order valence-corrected chi connectivity index (χ3v) is 3.43. The zero-order valence-electron chi connectivity index (χ0n) is 9.26. The fraction of sp³-hybridized carbons (Fsp3) is 0.583. The minimum atomic E-state index is 0.683. The normalized spacial score (nSPS) is 25.3. The highest BCUT2D eigenvalue weighted by Gasteiger charge is 2.32. The second-order valence-electron chi connectivity index (χ2n) is 4.41. The quantitative estimate of drug-likeness (QED) is 0.804. The maximum Gasteiger partial charge on any atom is 0.0271 e. The van der Waals surface area contributed by atoms with Gasteiger partial charge in [0.1, 0.15) is 0 Å². The van der Waals surface area contributed by atoms with Crippen LogP contribution in [0.25, 0.3) is 0 Å². The number of nitrogens with two attached hydrogens (primary N) is 1. The minimum Gasteiger partial charge on any atom is -0.330 e. The van der Waals surface area contributed by atoms with Crippen LogP contribution >= 0.6 is 0 Å². The van der Waals surface area contributed by atoms with Crippen LogP contribution in [0.4, 0.5) is 0 Å². The van der Waals surface area contributed by atoms with E-state index in [1.54, 1.807) is 0 Å². The lowest BCUT2D eigenvalue weighted by Gasteiger charge is -2.42. The molecular weight excluding hydrogens is 186 g/mol. The molecular formula is C12H19N3. The molecule has 82 valence electrons. The highest BCUT2D eigenvalue weighted by molar-refractivity contribution is 5.09. The number of hydrogen-bond donors (Lipinski definition) is 1. The van der Waals surface area contributed by atoms with Gasteiger partial charge in [-0.3, -0.25) is 9.88 Å². The van der Waals surface area contributed by atoms with Gasteiger partial charge in [-0.15, -0.1) is 0 Å². The van der Waals surface area contributed by atoms with Gasteiger partial charge in [0.25, 0.3) is 0 Å². The molecule has 0 saturated heterocycles. The van der Waals surface area contributed by atoms with Crippen LogP contribution in [-0.2, 0) is 6.54 Å². The Kier molecular flexibility index (Phi) is 3.34. The monoisotopic (exact) mass is 205 g/mol. The summed E-state index contributed by atoms with van der Waals surface area (Å²) < 4.78 is 0. The van der Waals surface area contributed by atoms with Crippen LogP contribution < -0.4 is 5.73 Å². The van der Waals surface area contributed by atoms with Crippen molar-refractivity contribution in [3.8, 4) is 0 Å². The Labute approximate surface area is 91.3 Å². The molecule has 2 unspecified atom stereocenters. The summed E-state index contributed by atoms with van der Waals surface area (Å²) in [5.41, 5.74) is 7.05. The van der Waals surface area contributed by atoms with Crippen LogP contribution in [0.5, 0.6) is 0 Å².